The SMILES string of the molecule is CC(C)c1cccc(C(C)C)c1-n1c(-c2[c-]cc3sc4ccccc4c3c2)nc2ccccc21.[2H]C([2H])(c1cc(-c2[c-]cccc2)nc[c]1[Ge]([CH3])([CH3])[CH3])C(C)(C)C.[Ir]. The maximum Gasteiger partial charge on any atom is 0 e. The van der Waals surface area contributed by atoms with E-state index in [1.165, 1.54) is 37.0 Å². The minimum atomic E-state index is -2.24. The summed E-state index contributed by atoms with van der Waals surface area (Å²) in [4.78, 5) is 9.79. The third-order valence-corrected chi connectivity index (χ3v) is 15.2. The number of pyridine rings is 1. The minimum absolute atomic E-state index is 0. The van der Waals surface area contributed by atoms with Crippen molar-refractivity contribution in [2.45, 2.75) is 83.9 Å². The summed E-state index contributed by atoms with van der Waals surface area (Å²) >= 11 is -0.415. The largest absolute Gasteiger partial charge is 0 e. The molecule has 0 amide bonds. The number of fused-ring (bicyclic) bond motifs is 4. The molecule has 6 heteroatoms. The second-order valence-electron chi connectivity index (χ2n) is 17.1. The van der Waals surface area contributed by atoms with Gasteiger partial charge in [-0.05, 0) is 51.2 Å². The molecule has 0 bridgehead atoms. The molecule has 1 radical (unpaired) electrons. The zero-order valence-corrected chi connectivity index (χ0v) is 39.5. The second kappa shape index (κ2) is 16.9. The van der Waals surface area contributed by atoms with Gasteiger partial charge in [-0.3, -0.25) is 4.98 Å². The molecule has 56 heavy (non-hydrogen) atoms. The van der Waals surface area contributed by atoms with E-state index in [1.807, 2.05) is 68.6 Å². The van der Waals surface area contributed by atoms with Gasteiger partial charge < -0.3 is 4.57 Å². The van der Waals surface area contributed by atoms with Crippen LogP contribution in [0.3, 0.4) is 0 Å². The molecule has 0 saturated carbocycles. The smallest absolute Gasteiger partial charge is 0 e. The summed E-state index contributed by atoms with van der Waals surface area (Å²) < 4.78 is 23.6. The Hall–Kier alpha value is -3.87. The number of thiophene rings is 1. The maximum absolute atomic E-state index is 8.76. The van der Waals surface area contributed by atoms with Gasteiger partial charge in [0.2, 0.25) is 0 Å². The van der Waals surface area contributed by atoms with Gasteiger partial charge in [-0.2, -0.15) is 11.3 Å². The van der Waals surface area contributed by atoms with E-state index in [0.717, 1.165) is 43.6 Å². The van der Waals surface area contributed by atoms with Gasteiger partial charge in [0.1, 0.15) is 0 Å². The van der Waals surface area contributed by atoms with Crippen LogP contribution >= 0.6 is 11.3 Å². The Balaban J connectivity index is 0.000000208. The fourth-order valence-corrected chi connectivity index (χ4v) is 11.3. The zero-order valence-electron chi connectivity index (χ0n) is 36.2. The summed E-state index contributed by atoms with van der Waals surface area (Å²) in [6.45, 7) is 15.0. The molecule has 0 aliphatic carbocycles. The van der Waals surface area contributed by atoms with E-state index >= 15 is 0 Å². The molecule has 0 unspecified atom stereocenters. The first-order valence-corrected chi connectivity index (χ1v) is 27.6. The van der Waals surface area contributed by atoms with E-state index in [-0.39, 0.29) is 20.1 Å². The Morgan fingerprint density at radius 3 is 2.11 bits per heavy atom. The first-order chi connectivity index (χ1) is 27.0. The molecule has 8 aromatic rings. The van der Waals surface area contributed by atoms with Crippen molar-refractivity contribution in [3.63, 3.8) is 0 Å². The van der Waals surface area contributed by atoms with Crippen LogP contribution in [0.4, 0.5) is 0 Å². The molecule has 0 aliphatic heterocycles. The van der Waals surface area contributed by atoms with Gasteiger partial charge in [-0.1, -0.05) is 81.6 Å². The Kier molecular flexibility index (Phi) is 11.8. The molecule has 8 rings (SSSR count). The van der Waals surface area contributed by atoms with Gasteiger partial charge in [0, 0.05) is 30.5 Å². The van der Waals surface area contributed by atoms with Gasteiger partial charge in [-0.15, -0.1) is 23.8 Å². The van der Waals surface area contributed by atoms with E-state index in [2.05, 4.69) is 146 Å². The van der Waals surface area contributed by atoms with Crippen LogP contribution in [0.15, 0.2) is 115 Å². The molecule has 0 spiro atoms. The molecular formula is C50H53GeIrN3S-2. The third-order valence-electron chi connectivity index (χ3n) is 9.88. The molecule has 0 N–H and O–H groups in total. The summed E-state index contributed by atoms with van der Waals surface area (Å²) in [5.74, 6) is 8.60. The van der Waals surface area contributed by atoms with Crippen LogP contribution in [0.1, 0.15) is 79.7 Å². The van der Waals surface area contributed by atoms with Crippen LogP contribution in [0, 0.1) is 17.5 Å². The number of benzene rings is 5. The van der Waals surface area contributed by atoms with Crippen molar-refractivity contribution in [3.05, 3.63) is 144 Å². The predicted octanol–water partition coefficient (Wildman–Crippen LogP) is 13.8. The summed E-state index contributed by atoms with van der Waals surface area (Å²) in [6, 6.07) is 44.7. The first kappa shape index (κ1) is 39.0. The fourth-order valence-electron chi connectivity index (χ4n) is 7.26. The Morgan fingerprint density at radius 2 is 1.45 bits per heavy atom. The molecule has 0 aliphatic rings. The van der Waals surface area contributed by atoms with Crippen molar-refractivity contribution in [2.75, 3.05) is 0 Å². The van der Waals surface area contributed by atoms with E-state index in [4.69, 9.17) is 7.73 Å². The summed E-state index contributed by atoms with van der Waals surface area (Å²) in [7, 11) is 0. The van der Waals surface area contributed by atoms with Crippen LogP contribution in [0.5, 0.6) is 0 Å². The van der Waals surface area contributed by atoms with Crippen LogP contribution in [0.2, 0.25) is 17.3 Å². The molecule has 0 fully saturated rings. The number of rotatable bonds is 7. The van der Waals surface area contributed by atoms with Crippen LogP contribution in [0.25, 0.3) is 59.5 Å². The quantitative estimate of drug-likeness (QED) is 0.118. The van der Waals surface area contributed by atoms with Crippen molar-refractivity contribution in [2.24, 2.45) is 5.41 Å². The zero-order chi connectivity index (χ0) is 40.9. The molecule has 3 nitrogen and oxygen atoms in total. The molecule has 0 saturated heterocycles. The summed E-state index contributed by atoms with van der Waals surface area (Å²) in [5.41, 5.74) is 9.16. The number of imidazole rings is 1. The second-order valence-corrected chi connectivity index (χ2v) is 28.7. The van der Waals surface area contributed by atoms with Crippen LogP contribution in [-0.2, 0) is 26.5 Å². The molecule has 289 valence electrons. The maximum atomic E-state index is 8.76. The Morgan fingerprint density at radius 1 is 0.768 bits per heavy atom. The van der Waals surface area contributed by atoms with Crippen molar-refractivity contribution in [3.8, 4) is 28.3 Å². The fraction of sp³-hybridized carbons (Fsp3) is 0.280. The van der Waals surface area contributed by atoms with E-state index in [9.17, 15) is 0 Å². The van der Waals surface area contributed by atoms with E-state index in [1.54, 1.807) is 0 Å². The normalized spacial score (nSPS) is 12.8. The summed E-state index contributed by atoms with van der Waals surface area (Å²) in [6.07, 6.45) is 0.502. The van der Waals surface area contributed by atoms with Crippen LogP contribution < -0.4 is 4.40 Å². The number of aromatic nitrogens is 3. The number of hydrogen-bond donors (Lipinski definition) is 0. The molecule has 5 aromatic carbocycles. The van der Waals surface area contributed by atoms with Gasteiger partial charge in [0.15, 0.2) is 0 Å². The Labute approximate surface area is 357 Å². The molecular weight excluding hydrogens is 939 g/mol. The monoisotopic (exact) mass is 996 g/mol. The Bertz CT molecular complexity index is 2680. The molecule has 3 heterocycles. The van der Waals surface area contributed by atoms with Crippen molar-refractivity contribution in [1.29, 1.82) is 0 Å². The van der Waals surface area contributed by atoms with Gasteiger partial charge >= 0.3 is 135 Å². The van der Waals surface area contributed by atoms with Gasteiger partial charge in [0.25, 0.3) is 0 Å². The number of para-hydroxylation sites is 3. The van der Waals surface area contributed by atoms with E-state index in [0.29, 0.717) is 11.8 Å². The van der Waals surface area contributed by atoms with Crippen molar-refractivity contribution >= 4 is 60.2 Å². The van der Waals surface area contributed by atoms with Gasteiger partial charge in [0.05, 0.1) is 16.9 Å². The predicted molar refractivity (Wildman–Crippen MR) is 241 cm³/mol. The van der Waals surface area contributed by atoms with Crippen molar-refractivity contribution in [1.82, 2.24) is 14.5 Å². The average molecular weight is 995 g/mol. The first-order valence-electron chi connectivity index (χ1n) is 20.4. The van der Waals surface area contributed by atoms with Crippen molar-refractivity contribution < 1.29 is 22.8 Å². The standard InChI is InChI=1S/C31H27N2S.C19H26GeN.Ir/c1-19(2)22-11-9-12-23(20(3)4)30(22)33-27-14-7-6-13-26(27)32-31(33)21-16-17-29-25(18-21)24-10-5-8-15-28(24)34-29;1-19(2,3)13-16-12-18(15-10-8-7-9-11-15)21-14-17(16)20(4,5)6;/h5-15,17-20H,1-4H3;7-10,12,14H,13H2,1-6H3;/q2*-1;/i;13D2;. The molecule has 3 aromatic heterocycles. The number of nitrogens with zero attached hydrogens (tertiary/aromatic N) is 3. The molecule has 0 atom stereocenters. The average Bonchev–Trinajstić information content (AvgIpc) is 3.75. The van der Waals surface area contributed by atoms with Crippen LogP contribution in [-0.4, -0.2) is 27.8 Å². The topological polar surface area (TPSA) is 30.7 Å². The third kappa shape index (κ3) is 8.82. The van der Waals surface area contributed by atoms with Gasteiger partial charge in [-0.25, -0.2) is 0 Å². The summed E-state index contributed by atoms with van der Waals surface area (Å²) in [5, 5.41) is 2.57. The number of hydrogen-bond acceptors (Lipinski definition) is 3. The minimum Gasteiger partial charge on any atom is 0 e. The van der Waals surface area contributed by atoms with E-state index < -0.39 is 25.1 Å².